The molecule has 78 valence electrons. The van der Waals surface area contributed by atoms with Crippen LogP contribution in [0.15, 0.2) is 10.5 Å². The quantitative estimate of drug-likeness (QED) is 0.789. The second-order valence-electron chi connectivity index (χ2n) is 3.60. The molecular formula is C12H17BrO. The Bertz CT molecular complexity index is 332. The van der Waals surface area contributed by atoms with Crippen molar-refractivity contribution in [2.75, 3.05) is 6.61 Å². The minimum Gasteiger partial charge on any atom is -0.493 e. The van der Waals surface area contributed by atoms with Gasteiger partial charge in [-0.15, -0.1) is 0 Å². The Hall–Kier alpha value is -0.500. The molecule has 1 nitrogen and oxygen atoms in total. The van der Waals surface area contributed by atoms with Gasteiger partial charge in [-0.1, -0.05) is 22.9 Å². The van der Waals surface area contributed by atoms with Crippen LogP contribution in [-0.4, -0.2) is 6.61 Å². The molecule has 0 aliphatic carbocycles. The van der Waals surface area contributed by atoms with Crippen LogP contribution < -0.4 is 4.74 Å². The van der Waals surface area contributed by atoms with Crippen molar-refractivity contribution in [3.63, 3.8) is 0 Å². The summed E-state index contributed by atoms with van der Waals surface area (Å²) in [5, 5.41) is 0. The lowest BCUT2D eigenvalue weighted by molar-refractivity contribution is 0.313. The molecule has 0 spiro atoms. The normalized spacial score (nSPS) is 10.4. The number of aryl methyl sites for hydroxylation is 1. The fourth-order valence-corrected chi connectivity index (χ4v) is 2.08. The molecule has 0 aromatic heterocycles. The first-order valence-corrected chi connectivity index (χ1v) is 5.76. The van der Waals surface area contributed by atoms with Crippen molar-refractivity contribution in [2.24, 2.45) is 0 Å². The van der Waals surface area contributed by atoms with Crippen LogP contribution in [0, 0.1) is 20.8 Å². The number of hydrogen-bond acceptors (Lipinski definition) is 1. The monoisotopic (exact) mass is 256 g/mol. The summed E-state index contributed by atoms with van der Waals surface area (Å²) in [4.78, 5) is 0. The average molecular weight is 257 g/mol. The van der Waals surface area contributed by atoms with Crippen LogP contribution in [0.3, 0.4) is 0 Å². The van der Waals surface area contributed by atoms with Gasteiger partial charge in [0, 0.05) is 4.47 Å². The zero-order valence-corrected chi connectivity index (χ0v) is 10.9. The topological polar surface area (TPSA) is 9.23 Å². The summed E-state index contributed by atoms with van der Waals surface area (Å²) in [5.74, 6) is 1.05. The van der Waals surface area contributed by atoms with Gasteiger partial charge in [-0.05, 0) is 49.9 Å². The van der Waals surface area contributed by atoms with Crippen molar-refractivity contribution < 1.29 is 4.74 Å². The smallest absolute Gasteiger partial charge is 0.125 e. The minimum atomic E-state index is 0.794. The predicted molar refractivity (Wildman–Crippen MR) is 64.1 cm³/mol. The van der Waals surface area contributed by atoms with Gasteiger partial charge in [-0.25, -0.2) is 0 Å². The summed E-state index contributed by atoms with van der Waals surface area (Å²) in [6.45, 7) is 9.22. The first kappa shape index (κ1) is 11.6. The summed E-state index contributed by atoms with van der Waals surface area (Å²) in [6.07, 6.45) is 1.05. The number of halogens is 1. The van der Waals surface area contributed by atoms with Gasteiger partial charge in [0.05, 0.1) is 6.61 Å². The first-order chi connectivity index (χ1) is 6.57. The lowest BCUT2D eigenvalue weighted by atomic mass is 10.1. The molecule has 0 saturated heterocycles. The van der Waals surface area contributed by atoms with E-state index < -0.39 is 0 Å². The van der Waals surface area contributed by atoms with E-state index in [2.05, 4.69) is 49.7 Å². The summed E-state index contributed by atoms with van der Waals surface area (Å²) in [5.41, 5.74) is 3.71. The van der Waals surface area contributed by atoms with Crippen molar-refractivity contribution in [3.8, 4) is 5.75 Å². The second-order valence-corrected chi connectivity index (χ2v) is 4.46. The SMILES string of the molecule is CCCOc1c(C)cc(Br)c(C)c1C. The van der Waals surface area contributed by atoms with Crippen LogP contribution in [0.4, 0.5) is 0 Å². The van der Waals surface area contributed by atoms with Crippen LogP contribution in [-0.2, 0) is 0 Å². The molecular weight excluding hydrogens is 240 g/mol. The third kappa shape index (κ3) is 2.30. The Labute approximate surface area is 94.6 Å². The molecule has 0 heterocycles. The van der Waals surface area contributed by atoms with Gasteiger partial charge in [0.25, 0.3) is 0 Å². The summed E-state index contributed by atoms with van der Waals surface area (Å²) >= 11 is 3.54. The standard InChI is InChI=1S/C12H17BrO/c1-5-6-14-12-8(2)7-11(13)9(3)10(12)4/h7H,5-6H2,1-4H3. The van der Waals surface area contributed by atoms with E-state index in [4.69, 9.17) is 4.74 Å². The highest BCUT2D eigenvalue weighted by atomic mass is 79.9. The Kier molecular flexibility index (Phi) is 3.99. The fourth-order valence-electron chi connectivity index (χ4n) is 1.44. The van der Waals surface area contributed by atoms with Crippen molar-refractivity contribution in [1.29, 1.82) is 0 Å². The van der Waals surface area contributed by atoms with E-state index >= 15 is 0 Å². The molecule has 2 heteroatoms. The molecule has 0 saturated carbocycles. The van der Waals surface area contributed by atoms with Gasteiger partial charge in [0.15, 0.2) is 0 Å². The molecule has 0 aliphatic heterocycles. The Balaban J connectivity index is 3.09. The van der Waals surface area contributed by atoms with Crippen LogP contribution in [0.25, 0.3) is 0 Å². The summed E-state index contributed by atoms with van der Waals surface area (Å²) in [6, 6.07) is 2.12. The van der Waals surface area contributed by atoms with E-state index in [-0.39, 0.29) is 0 Å². The number of benzene rings is 1. The van der Waals surface area contributed by atoms with Gasteiger partial charge < -0.3 is 4.74 Å². The Morgan fingerprint density at radius 3 is 2.43 bits per heavy atom. The van der Waals surface area contributed by atoms with Crippen LogP contribution >= 0.6 is 15.9 Å². The summed E-state index contributed by atoms with van der Waals surface area (Å²) < 4.78 is 6.89. The van der Waals surface area contributed by atoms with Gasteiger partial charge in [-0.2, -0.15) is 0 Å². The van der Waals surface area contributed by atoms with Gasteiger partial charge >= 0.3 is 0 Å². The van der Waals surface area contributed by atoms with Crippen molar-refractivity contribution >= 4 is 15.9 Å². The van der Waals surface area contributed by atoms with E-state index in [0.29, 0.717) is 0 Å². The maximum absolute atomic E-state index is 5.73. The Morgan fingerprint density at radius 1 is 1.21 bits per heavy atom. The van der Waals surface area contributed by atoms with E-state index in [1.807, 2.05) is 0 Å². The summed E-state index contributed by atoms with van der Waals surface area (Å²) in [7, 11) is 0. The highest BCUT2D eigenvalue weighted by Crippen LogP contribution is 2.31. The molecule has 0 atom stereocenters. The second kappa shape index (κ2) is 4.83. The fraction of sp³-hybridized carbons (Fsp3) is 0.500. The third-order valence-corrected chi connectivity index (χ3v) is 3.24. The van der Waals surface area contributed by atoms with Gasteiger partial charge in [0.2, 0.25) is 0 Å². The van der Waals surface area contributed by atoms with Crippen LogP contribution in [0.1, 0.15) is 30.0 Å². The maximum atomic E-state index is 5.73. The maximum Gasteiger partial charge on any atom is 0.125 e. The number of ether oxygens (including phenoxy) is 1. The third-order valence-electron chi connectivity index (χ3n) is 2.41. The first-order valence-electron chi connectivity index (χ1n) is 4.97. The van der Waals surface area contributed by atoms with Crippen molar-refractivity contribution in [1.82, 2.24) is 0 Å². The van der Waals surface area contributed by atoms with Crippen LogP contribution in [0.5, 0.6) is 5.75 Å². The molecule has 14 heavy (non-hydrogen) atoms. The van der Waals surface area contributed by atoms with Crippen molar-refractivity contribution in [2.45, 2.75) is 34.1 Å². The molecule has 0 bridgehead atoms. The molecule has 0 fully saturated rings. The molecule has 1 aromatic carbocycles. The Morgan fingerprint density at radius 2 is 1.86 bits per heavy atom. The van der Waals surface area contributed by atoms with E-state index in [9.17, 15) is 0 Å². The largest absolute Gasteiger partial charge is 0.493 e. The molecule has 1 aromatic rings. The number of rotatable bonds is 3. The highest BCUT2D eigenvalue weighted by Gasteiger charge is 2.09. The molecule has 0 radical (unpaired) electrons. The number of hydrogen-bond donors (Lipinski definition) is 0. The van der Waals surface area contributed by atoms with E-state index in [1.54, 1.807) is 0 Å². The highest BCUT2D eigenvalue weighted by molar-refractivity contribution is 9.10. The lowest BCUT2D eigenvalue weighted by Gasteiger charge is -2.14. The van der Waals surface area contributed by atoms with E-state index in [0.717, 1.165) is 23.2 Å². The minimum absolute atomic E-state index is 0.794. The molecule has 1 rings (SSSR count). The lowest BCUT2D eigenvalue weighted by Crippen LogP contribution is -2.00. The average Bonchev–Trinajstić information content (AvgIpc) is 2.14. The predicted octanol–water partition coefficient (Wildman–Crippen LogP) is 4.16. The molecule has 0 N–H and O–H groups in total. The van der Waals surface area contributed by atoms with Gasteiger partial charge in [-0.3, -0.25) is 0 Å². The zero-order valence-electron chi connectivity index (χ0n) is 9.28. The van der Waals surface area contributed by atoms with Gasteiger partial charge in [0.1, 0.15) is 5.75 Å². The molecule has 0 amide bonds. The van der Waals surface area contributed by atoms with E-state index in [1.165, 1.54) is 16.7 Å². The van der Waals surface area contributed by atoms with Crippen LogP contribution in [0.2, 0.25) is 0 Å². The van der Waals surface area contributed by atoms with Crippen molar-refractivity contribution in [3.05, 3.63) is 27.2 Å². The zero-order chi connectivity index (χ0) is 10.7. The molecule has 0 aliphatic rings. The molecule has 0 unspecified atom stereocenters.